The quantitative estimate of drug-likeness (QED) is 0.584. The summed E-state index contributed by atoms with van der Waals surface area (Å²) < 4.78 is 6.55. The zero-order chi connectivity index (χ0) is 19.2. The number of hydrogen-bond acceptors (Lipinski definition) is 4. The van der Waals surface area contributed by atoms with Crippen LogP contribution in [0.5, 0.6) is 0 Å². The molecule has 3 rings (SSSR count). The van der Waals surface area contributed by atoms with Crippen LogP contribution in [0.4, 0.5) is 0 Å². The first kappa shape index (κ1) is 20.1. The van der Waals surface area contributed by atoms with Gasteiger partial charge in [0, 0.05) is 35.0 Å². The maximum Gasteiger partial charge on any atom is 0.230 e. The number of amides is 1. The summed E-state index contributed by atoms with van der Waals surface area (Å²) in [7, 11) is 0. The van der Waals surface area contributed by atoms with Crippen molar-refractivity contribution in [2.24, 2.45) is 5.92 Å². The fourth-order valence-electron chi connectivity index (χ4n) is 3.68. The monoisotopic (exact) mass is 433 g/mol. The number of halogens is 1. The largest absolute Gasteiger partial charge is 0.342 e. The first-order valence-corrected chi connectivity index (χ1v) is 10.8. The Morgan fingerprint density at radius 2 is 1.96 bits per heavy atom. The van der Waals surface area contributed by atoms with Crippen LogP contribution in [-0.2, 0) is 4.79 Å². The maximum atomic E-state index is 12.8. The highest BCUT2D eigenvalue weighted by atomic mass is 79.9. The van der Waals surface area contributed by atoms with Crippen LogP contribution in [0.3, 0.4) is 0 Å². The molecular weight excluding hydrogens is 406 g/mol. The molecule has 1 aliphatic heterocycles. The smallest absolute Gasteiger partial charge is 0.230 e. The van der Waals surface area contributed by atoms with Gasteiger partial charge in [0.05, 0.1) is 0 Å². The number of rotatable bonds is 7. The van der Waals surface area contributed by atoms with Crippen molar-refractivity contribution in [2.45, 2.75) is 58.3 Å². The predicted octanol–water partition coefficient (Wildman–Crippen LogP) is 5.42. The van der Waals surface area contributed by atoms with E-state index < -0.39 is 0 Å². The highest BCUT2D eigenvalue weighted by Gasteiger charge is 2.30. The molecule has 27 heavy (non-hydrogen) atoms. The van der Waals surface area contributed by atoms with Gasteiger partial charge in [-0.25, -0.2) is 0 Å². The van der Waals surface area contributed by atoms with Crippen LogP contribution in [0.25, 0.3) is 11.4 Å². The van der Waals surface area contributed by atoms with Gasteiger partial charge >= 0.3 is 0 Å². The second-order valence-corrected chi connectivity index (χ2v) is 8.23. The van der Waals surface area contributed by atoms with Crippen molar-refractivity contribution in [1.82, 2.24) is 15.0 Å². The first-order valence-electron chi connectivity index (χ1n) is 10.0. The second kappa shape index (κ2) is 9.49. The topological polar surface area (TPSA) is 59.2 Å². The number of carbonyl (C=O) groups excluding carboxylic acids is 1. The Morgan fingerprint density at radius 3 is 2.59 bits per heavy atom. The van der Waals surface area contributed by atoms with Gasteiger partial charge in [0.1, 0.15) is 0 Å². The van der Waals surface area contributed by atoms with E-state index in [1.807, 2.05) is 29.2 Å². The molecule has 1 unspecified atom stereocenters. The van der Waals surface area contributed by atoms with E-state index in [1.54, 1.807) is 0 Å². The lowest BCUT2D eigenvalue weighted by Crippen LogP contribution is -2.41. The van der Waals surface area contributed by atoms with Gasteiger partial charge in [-0.15, -0.1) is 0 Å². The average Bonchev–Trinajstić information content (AvgIpc) is 3.19. The molecule has 5 nitrogen and oxygen atoms in total. The zero-order valence-electron chi connectivity index (χ0n) is 16.2. The lowest BCUT2D eigenvalue weighted by molar-refractivity contribution is -0.137. The molecule has 1 saturated heterocycles. The predicted molar refractivity (Wildman–Crippen MR) is 109 cm³/mol. The van der Waals surface area contributed by atoms with E-state index in [1.165, 1.54) is 0 Å². The summed E-state index contributed by atoms with van der Waals surface area (Å²) in [5.74, 6) is 2.06. The maximum absolute atomic E-state index is 12.8. The van der Waals surface area contributed by atoms with Crippen LogP contribution in [0.1, 0.15) is 64.2 Å². The van der Waals surface area contributed by atoms with Crippen molar-refractivity contribution in [3.63, 3.8) is 0 Å². The Hall–Kier alpha value is -1.69. The van der Waals surface area contributed by atoms with Crippen LogP contribution >= 0.6 is 15.9 Å². The fourth-order valence-corrected chi connectivity index (χ4v) is 3.94. The molecule has 146 valence electrons. The Kier molecular flexibility index (Phi) is 7.05. The average molecular weight is 434 g/mol. The van der Waals surface area contributed by atoms with Crippen molar-refractivity contribution < 1.29 is 9.32 Å². The number of benzene rings is 1. The molecule has 0 N–H and O–H groups in total. The Labute approximate surface area is 169 Å². The van der Waals surface area contributed by atoms with Crippen LogP contribution in [0, 0.1) is 5.92 Å². The number of aromatic nitrogens is 2. The van der Waals surface area contributed by atoms with E-state index in [-0.39, 0.29) is 11.8 Å². The summed E-state index contributed by atoms with van der Waals surface area (Å²) in [6.07, 6.45) is 5.98. The molecule has 1 amide bonds. The second-order valence-electron chi connectivity index (χ2n) is 7.31. The van der Waals surface area contributed by atoms with Crippen LogP contribution in [0.2, 0.25) is 0 Å². The SMILES string of the molecule is CCCCC(CC)C(=O)N1CCC(c2nc(-c3ccc(Br)cc3)no2)CC1. The van der Waals surface area contributed by atoms with E-state index in [2.05, 4.69) is 39.9 Å². The minimum atomic E-state index is 0.175. The lowest BCUT2D eigenvalue weighted by atomic mass is 9.93. The summed E-state index contributed by atoms with van der Waals surface area (Å²) in [6, 6.07) is 7.89. The van der Waals surface area contributed by atoms with E-state index in [4.69, 9.17) is 4.52 Å². The molecule has 0 bridgehead atoms. The molecule has 1 fully saturated rings. The van der Waals surface area contributed by atoms with Crippen molar-refractivity contribution in [3.8, 4) is 11.4 Å². The summed E-state index contributed by atoms with van der Waals surface area (Å²) in [5.41, 5.74) is 0.947. The summed E-state index contributed by atoms with van der Waals surface area (Å²) in [4.78, 5) is 19.4. The standard InChI is InChI=1S/C21H28BrN3O2/c1-3-5-6-15(4-2)21(26)25-13-11-17(12-14-25)20-23-19(24-27-20)16-7-9-18(22)10-8-16/h7-10,15,17H,3-6,11-14H2,1-2H3. The molecular formula is C21H28BrN3O2. The Balaban J connectivity index is 1.58. The number of likely N-dealkylation sites (tertiary alicyclic amines) is 1. The molecule has 2 heterocycles. The van der Waals surface area contributed by atoms with Crippen molar-refractivity contribution >= 4 is 21.8 Å². The number of unbranched alkanes of at least 4 members (excludes halogenated alkanes) is 1. The number of piperidine rings is 1. The van der Waals surface area contributed by atoms with Crippen molar-refractivity contribution in [3.05, 3.63) is 34.6 Å². The van der Waals surface area contributed by atoms with Crippen molar-refractivity contribution in [1.29, 1.82) is 0 Å². The minimum absolute atomic E-state index is 0.175. The molecule has 0 spiro atoms. The highest BCUT2D eigenvalue weighted by molar-refractivity contribution is 9.10. The van der Waals surface area contributed by atoms with Gasteiger partial charge in [0.25, 0.3) is 0 Å². The summed E-state index contributed by atoms with van der Waals surface area (Å²) >= 11 is 3.44. The van der Waals surface area contributed by atoms with Gasteiger partial charge < -0.3 is 9.42 Å². The van der Waals surface area contributed by atoms with Crippen LogP contribution in [0.15, 0.2) is 33.3 Å². The first-order chi connectivity index (χ1) is 13.1. The van der Waals surface area contributed by atoms with E-state index in [9.17, 15) is 4.79 Å². The third-order valence-corrected chi connectivity index (χ3v) is 5.98. The van der Waals surface area contributed by atoms with Gasteiger partial charge in [0.2, 0.25) is 17.6 Å². The molecule has 1 atom stereocenters. The van der Waals surface area contributed by atoms with Gasteiger partial charge in [-0.3, -0.25) is 4.79 Å². The zero-order valence-corrected chi connectivity index (χ0v) is 17.7. The minimum Gasteiger partial charge on any atom is -0.342 e. The molecule has 6 heteroatoms. The Bertz CT molecular complexity index is 736. The fraction of sp³-hybridized carbons (Fsp3) is 0.571. The normalized spacial score (nSPS) is 16.5. The third-order valence-electron chi connectivity index (χ3n) is 5.45. The molecule has 0 saturated carbocycles. The number of nitrogens with zero attached hydrogens (tertiary/aromatic N) is 3. The van der Waals surface area contributed by atoms with Crippen LogP contribution in [-0.4, -0.2) is 34.0 Å². The molecule has 1 aliphatic rings. The van der Waals surface area contributed by atoms with Gasteiger partial charge in [-0.2, -0.15) is 4.98 Å². The van der Waals surface area contributed by atoms with Gasteiger partial charge in [0.15, 0.2) is 0 Å². The lowest BCUT2D eigenvalue weighted by Gasteiger charge is -2.33. The third kappa shape index (κ3) is 4.98. The van der Waals surface area contributed by atoms with E-state index in [0.29, 0.717) is 17.6 Å². The molecule has 1 aromatic heterocycles. The number of carbonyl (C=O) groups is 1. The van der Waals surface area contributed by atoms with E-state index >= 15 is 0 Å². The van der Waals surface area contributed by atoms with Crippen LogP contribution < -0.4 is 0 Å². The van der Waals surface area contributed by atoms with Crippen molar-refractivity contribution in [2.75, 3.05) is 13.1 Å². The molecule has 0 radical (unpaired) electrons. The van der Waals surface area contributed by atoms with Gasteiger partial charge in [-0.05, 0) is 49.9 Å². The molecule has 1 aromatic carbocycles. The van der Waals surface area contributed by atoms with E-state index in [0.717, 1.165) is 61.7 Å². The summed E-state index contributed by atoms with van der Waals surface area (Å²) in [5, 5.41) is 4.14. The molecule has 2 aromatic rings. The number of hydrogen-bond donors (Lipinski definition) is 0. The highest BCUT2D eigenvalue weighted by Crippen LogP contribution is 2.30. The van der Waals surface area contributed by atoms with Gasteiger partial charge in [-0.1, -0.05) is 47.8 Å². The molecule has 0 aliphatic carbocycles. The Morgan fingerprint density at radius 1 is 1.26 bits per heavy atom. The summed E-state index contributed by atoms with van der Waals surface area (Å²) in [6.45, 7) is 5.85.